The molecule has 0 aliphatic carbocycles. The van der Waals surface area contributed by atoms with Crippen LogP contribution in [0.1, 0.15) is 49.0 Å². The van der Waals surface area contributed by atoms with E-state index in [1.807, 2.05) is 24.3 Å². The molecule has 0 aromatic heterocycles. The van der Waals surface area contributed by atoms with Crippen molar-refractivity contribution >= 4 is 23.5 Å². The maximum absolute atomic E-state index is 12.0. The molecule has 0 bridgehead atoms. The Morgan fingerprint density at radius 1 is 0.964 bits per heavy atom. The summed E-state index contributed by atoms with van der Waals surface area (Å²) in [6, 6.07) is 15.3. The zero-order valence-electron chi connectivity index (χ0n) is 16.4. The van der Waals surface area contributed by atoms with Gasteiger partial charge in [-0.15, -0.1) is 0 Å². The van der Waals surface area contributed by atoms with E-state index in [4.69, 9.17) is 4.74 Å². The molecule has 6 nitrogen and oxygen atoms in total. The number of rotatable bonds is 8. The molecule has 6 heteroatoms. The van der Waals surface area contributed by atoms with Crippen molar-refractivity contribution < 1.29 is 19.1 Å². The zero-order chi connectivity index (χ0) is 20.5. The Bertz CT molecular complexity index is 803. The topological polar surface area (TPSA) is 84.5 Å². The lowest BCUT2D eigenvalue weighted by molar-refractivity contribution is -0.148. The van der Waals surface area contributed by atoms with Crippen molar-refractivity contribution in [2.75, 3.05) is 11.9 Å². The molecule has 0 spiro atoms. The fourth-order valence-electron chi connectivity index (χ4n) is 2.52. The van der Waals surface area contributed by atoms with Crippen LogP contribution in [0.15, 0.2) is 54.6 Å². The van der Waals surface area contributed by atoms with Crippen LogP contribution >= 0.6 is 0 Å². The van der Waals surface area contributed by atoms with Gasteiger partial charge in [0.15, 0.2) is 6.61 Å². The number of amides is 2. The lowest BCUT2D eigenvalue weighted by atomic mass is 9.99. The molecule has 0 heterocycles. The molecule has 2 rings (SSSR count). The predicted molar refractivity (Wildman–Crippen MR) is 108 cm³/mol. The summed E-state index contributed by atoms with van der Waals surface area (Å²) in [5.74, 6) is -1.04. The summed E-state index contributed by atoms with van der Waals surface area (Å²) < 4.78 is 4.99. The van der Waals surface area contributed by atoms with Gasteiger partial charge in [-0.3, -0.25) is 9.59 Å². The molecule has 0 saturated heterocycles. The first-order chi connectivity index (χ1) is 13.4. The van der Waals surface area contributed by atoms with Crippen LogP contribution in [-0.4, -0.2) is 30.4 Å². The van der Waals surface area contributed by atoms with E-state index in [9.17, 15) is 14.4 Å². The number of nitrogens with one attached hydrogen (secondary N) is 2. The Morgan fingerprint density at radius 2 is 1.61 bits per heavy atom. The van der Waals surface area contributed by atoms with Gasteiger partial charge in [-0.2, -0.15) is 0 Å². The van der Waals surface area contributed by atoms with Gasteiger partial charge < -0.3 is 15.4 Å². The standard InChI is InChI=1S/C22H26N2O4/c1-4-15(2)17-10-12-19(13-11-17)24-20(25)14-28-22(27)16(3)23-21(26)18-8-6-5-7-9-18/h5-13,15-16H,4,14H2,1-3H3,(H,23,26)(H,24,25)/t15-,16-/m0/s1. The van der Waals surface area contributed by atoms with Gasteiger partial charge in [0.1, 0.15) is 6.04 Å². The molecule has 0 radical (unpaired) electrons. The van der Waals surface area contributed by atoms with E-state index >= 15 is 0 Å². The first kappa shape index (κ1) is 21.2. The van der Waals surface area contributed by atoms with Crippen LogP contribution < -0.4 is 10.6 Å². The number of hydrogen-bond acceptors (Lipinski definition) is 4. The van der Waals surface area contributed by atoms with Crippen LogP contribution in [0.3, 0.4) is 0 Å². The van der Waals surface area contributed by atoms with Crippen LogP contribution in [-0.2, 0) is 14.3 Å². The third kappa shape index (κ3) is 6.23. The van der Waals surface area contributed by atoms with E-state index in [0.29, 0.717) is 17.2 Å². The molecule has 0 unspecified atom stereocenters. The highest BCUT2D eigenvalue weighted by Gasteiger charge is 2.19. The summed E-state index contributed by atoms with van der Waals surface area (Å²) in [6.07, 6.45) is 1.04. The van der Waals surface area contributed by atoms with Gasteiger partial charge >= 0.3 is 5.97 Å². The highest BCUT2D eigenvalue weighted by Crippen LogP contribution is 2.20. The molecule has 0 aliphatic heterocycles. The van der Waals surface area contributed by atoms with Crippen LogP contribution in [0.5, 0.6) is 0 Å². The van der Waals surface area contributed by atoms with E-state index in [2.05, 4.69) is 24.5 Å². The third-order valence-electron chi connectivity index (χ3n) is 4.46. The lowest BCUT2D eigenvalue weighted by Crippen LogP contribution is -2.40. The second-order valence-corrected chi connectivity index (χ2v) is 6.65. The van der Waals surface area contributed by atoms with E-state index in [0.717, 1.165) is 6.42 Å². The lowest BCUT2D eigenvalue weighted by Gasteiger charge is -2.14. The molecule has 0 fully saturated rings. The quantitative estimate of drug-likeness (QED) is 0.685. The maximum Gasteiger partial charge on any atom is 0.328 e. The monoisotopic (exact) mass is 382 g/mol. The summed E-state index contributed by atoms with van der Waals surface area (Å²) in [5, 5.41) is 5.23. The molecular formula is C22H26N2O4. The highest BCUT2D eigenvalue weighted by atomic mass is 16.5. The Balaban J connectivity index is 1.78. The summed E-state index contributed by atoms with van der Waals surface area (Å²) in [4.78, 5) is 36.0. The van der Waals surface area contributed by atoms with Gasteiger partial charge in [-0.05, 0) is 49.1 Å². The first-order valence-electron chi connectivity index (χ1n) is 9.33. The van der Waals surface area contributed by atoms with E-state index in [-0.39, 0.29) is 5.91 Å². The smallest absolute Gasteiger partial charge is 0.328 e. The molecule has 2 atom stereocenters. The Hall–Kier alpha value is -3.15. The number of anilines is 1. The van der Waals surface area contributed by atoms with Crippen molar-refractivity contribution in [3.8, 4) is 0 Å². The maximum atomic E-state index is 12.0. The molecule has 148 valence electrons. The van der Waals surface area contributed by atoms with Crippen molar-refractivity contribution in [3.05, 3.63) is 65.7 Å². The van der Waals surface area contributed by atoms with Crippen LogP contribution in [0.25, 0.3) is 0 Å². The van der Waals surface area contributed by atoms with Crippen LogP contribution in [0, 0.1) is 0 Å². The number of esters is 1. The largest absolute Gasteiger partial charge is 0.454 e. The van der Waals surface area contributed by atoms with E-state index < -0.39 is 24.5 Å². The Labute approximate surface area is 165 Å². The molecule has 2 N–H and O–H groups in total. The molecule has 2 aromatic rings. The van der Waals surface area contributed by atoms with Gasteiger partial charge in [0, 0.05) is 11.3 Å². The minimum Gasteiger partial charge on any atom is -0.454 e. The zero-order valence-corrected chi connectivity index (χ0v) is 16.4. The molecule has 2 aromatic carbocycles. The summed E-state index contributed by atoms with van der Waals surface area (Å²) >= 11 is 0. The average Bonchev–Trinajstić information content (AvgIpc) is 2.72. The second-order valence-electron chi connectivity index (χ2n) is 6.65. The number of ether oxygens (including phenoxy) is 1. The van der Waals surface area contributed by atoms with E-state index in [1.165, 1.54) is 12.5 Å². The van der Waals surface area contributed by atoms with Gasteiger partial charge in [-0.25, -0.2) is 4.79 Å². The van der Waals surface area contributed by atoms with Crippen molar-refractivity contribution in [1.29, 1.82) is 0 Å². The number of carbonyl (C=O) groups is 3. The number of carbonyl (C=O) groups excluding carboxylic acids is 3. The third-order valence-corrected chi connectivity index (χ3v) is 4.46. The molecular weight excluding hydrogens is 356 g/mol. The van der Waals surface area contributed by atoms with Crippen molar-refractivity contribution in [2.24, 2.45) is 0 Å². The fraction of sp³-hybridized carbons (Fsp3) is 0.318. The molecule has 0 saturated carbocycles. The van der Waals surface area contributed by atoms with Gasteiger partial charge in [0.2, 0.25) is 0 Å². The molecule has 28 heavy (non-hydrogen) atoms. The van der Waals surface area contributed by atoms with E-state index in [1.54, 1.807) is 30.3 Å². The fourth-order valence-corrected chi connectivity index (χ4v) is 2.52. The van der Waals surface area contributed by atoms with Crippen LogP contribution in [0.4, 0.5) is 5.69 Å². The highest BCUT2D eigenvalue weighted by molar-refractivity contribution is 5.97. The average molecular weight is 382 g/mol. The summed E-state index contributed by atoms with van der Waals surface area (Å²) in [6.45, 7) is 5.36. The van der Waals surface area contributed by atoms with Gasteiger partial charge in [-0.1, -0.05) is 44.2 Å². The van der Waals surface area contributed by atoms with Crippen molar-refractivity contribution in [1.82, 2.24) is 5.32 Å². The SMILES string of the molecule is CC[C@H](C)c1ccc(NC(=O)COC(=O)[C@H](C)NC(=O)c2ccccc2)cc1. The first-order valence-corrected chi connectivity index (χ1v) is 9.33. The minimum absolute atomic E-state index is 0.379. The van der Waals surface area contributed by atoms with Gasteiger partial charge in [0.25, 0.3) is 11.8 Å². The Morgan fingerprint density at radius 3 is 2.21 bits per heavy atom. The number of hydrogen-bond donors (Lipinski definition) is 2. The summed E-state index contributed by atoms with van der Waals surface area (Å²) in [5.41, 5.74) is 2.29. The second kappa shape index (κ2) is 10.3. The van der Waals surface area contributed by atoms with Crippen molar-refractivity contribution in [3.63, 3.8) is 0 Å². The van der Waals surface area contributed by atoms with Crippen LogP contribution in [0.2, 0.25) is 0 Å². The summed E-state index contributed by atoms with van der Waals surface area (Å²) in [7, 11) is 0. The predicted octanol–water partition coefficient (Wildman–Crippen LogP) is 3.50. The minimum atomic E-state index is -0.865. The Kier molecular flexibility index (Phi) is 7.75. The van der Waals surface area contributed by atoms with Crippen molar-refractivity contribution in [2.45, 2.75) is 39.2 Å². The number of benzene rings is 2. The molecule has 2 amide bonds. The van der Waals surface area contributed by atoms with Gasteiger partial charge in [0.05, 0.1) is 0 Å². The normalized spacial score (nSPS) is 12.5. The molecule has 0 aliphatic rings.